The smallest absolute Gasteiger partial charge is 0.191 e. The number of ether oxygens (including phenoxy) is 2. The molecule has 1 aliphatic rings. The monoisotopic (exact) mass is 500 g/mol. The van der Waals surface area contributed by atoms with Gasteiger partial charge in [-0.3, -0.25) is 9.89 Å². The standard InChI is InChI=1S/C21H32N4O2.HI/c1-4-14-27-20-8-6-19(7-9-20)10-11-23-21(22-5-2)24-17-18(3)25-12-15-26-16-13-25;/h1,6-9,18H,5,10-17H2,2-3H3,(H2,22,23,24);1H. The predicted octanol–water partition coefficient (Wildman–Crippen LogP) is 2.13. The lowest BCUT2D eigenvalue weighted by Gasteiger charge is -2.31. The van der Waals surface area contributed by atoms with Crippen LogP contribution in [0.2, 0.25) is 0 Å². The van der Waals surface area contributed by atoms with Gasteiger partial charge < -0.3 is 20.1 Å². The molecule has 28 heavy (non-hydrogen) atoms. The molecule has 1 unspecified atom stereocenters. The van der Waals surface area contributed by atoms with Gasteiger partial charge in [-0.1, -0.05) is 18.1 Å². The molecule has 1 aromatic rings. The molecule has 1 saturated heterocycles. The summed E-state index contributed by atoms with van der Waals surface area (Å²) in [4.78, 5) is 7.17. The summed E-state index contributed by atoms with van der Waals surface area (Å²) in [5.74, 6) is 4.14. The summed E-state index contributed by atoms with van der Waals surface area (Å²) < 4.78 is 10.8. The van der Waals surface area contributed by atoms with E-state index in [1.807, 2.05) is 12.1 Å². The van der Waals surface area contributed by atoms with E-state index in [2.05, 4.69) is 47.4 Å². The Morgan fingerprint density at radius 1 is 1.29 bits per heavy atom. The Morgan fingerprint density at radius 2 is 2.00 bits per heavy atom. The number of terminal acetylenes is 1. The van der Waals surface area contributed by atoms with Crippen LogP contribution in [0.1, 0.15) is 19.4 Å². The number of nitrogens with zero attached hydrogens (tertiary/aromatic N) is 2. The van der Waals surface area contributed by atoms with Crippen molar-refractivity contribution >= 4 is 29.9 Å². The summed E-state index contributed by atoms with van der Waals surface area (Å²) in [7, 11) is 0. The third kappa shape index (κ3) is 9.13. The van der Waals surface area contributed by atoms with Crippen LogP contribution in [0.5, 0.6) is 5.75 Å². The number of rotatable bonds is 9. The Hall–Kier alpha value is -1.50. The molecule has 0 aliphatic carbocycles. The van der Waals surface area contributed by atoms with E-state index >= 15 is 0 Å². The molecule has 1 aliphatic heterocycles. The van der Waals surface area contributed by atoms with E-state index in [1.54, 1.807) is 0 Å². The van der Waals surface area contributed by atoms with Crippen LogP contribution in [0, 0.1) is 12.3 Å². The van der Waals surface area contributed by atoms with Gasteiger partial charge in [0.1, 0.15) is 12.4 Å². The quantitative estimate of drug-likeness (QED) is 0.236. The largest absolute Gasteiger partial charge is 0.481 e. The fraction of sp³-hybridized carbons (Fsp3) is 0.571. The highest BCUT2D eigenvalue weighted by Crippen LogP contribution is 2.12. The van der Waals surface area contributed by atoms with Crippen LogP contribution in [-0.4, -0.2) is 69.4 Å². The van der Waals surface area contributed by atoms with Crippen LogP contribution in [0.15, 0.2) is 29.3 Å². The van der Waals surface area contributed by atoms with Gasteiger partial charge in [0.2, 0.25) is 0 Å². The Labute approximate surface area is 186 Å². The molecule has 1 atom stereocenters. The number of nitrogens with one attached hydrogen (secondary N) is 2. The zero-order chi connectivity index (χ0) is 19.3. The number of halogens is 1. The average molecular weight is 500 g/mol. The first-order chi connectivity index (χ1) is 13.2. The summed E-state index contributed by atoms with van der Waals surface area (Å²) in [5.41, 5.74) is 1.24. The first kappa shape index (κ1) is 24.5. The number of guanidine groups is 1. The highest BCUT2D eigenvalue weighted by Gasteiger charge is 2.16. The van der Waals surface area contributed by atoms with Crippen LogP contribution in [0.25, 0.3) is 0 Å². The Kier molecular flexibility index (Phi) is 12.7. The van der Waals surface area contributed by atoms with Crippen LogP contribution < -0.4 is 15.4 Å². The Balaban J connectivity index is 0.00000392. The van der Waals surface area contributed by atoms with Crippen molar-refractivity contribution in [2.24, 2.45) is 4.99 Å². The van der Waals surface area contributed by atoms with E-state index in [0.29, 0.717) is 12.6 Å². The number of hydrogen-bond acceptors (Lipinski definition) is 4. The predicted molar refractivity (Wildman–Crippen MR) is 126 cm³/mol. The summed E-state index contributed by atoms with van der Waals surface area (Å²) in [5, 5.41) is 6.73. The topological polar surface area (TPSA) is 58.1 Å². The molecule has 6 nitrogen and oxygen atoms in total. The fourth-order valence-corrected chi connectivity index (χ4v) is 2.90. The second-order valence-corrected chi connectivity index (χ2v) is 6.53. The summed E-state index contributed by atoms with van der Waals surface area (Å²) in [6, 6.07) is 8.46. The molecule has 0 amide bonds. The SMILES string of the molecule is C#CCOc1ccc(CCNC(=NCC(C)N2CCOCC2)NCC)cc1.I. The molecule has 2 N–H and O–H groups in total. The van der Waals surface area contributed by atoms with Gasteiger partial charge in [-0.25, -0.2) is 0 Å². The number of aliphatic imine (C=N–C) groups is 1. The van der Waals surface area contributed by atoms with Crippen molar-refractivity contribution in [3.8, 4) is 18.1 Å². The van der Waals surface area contributed by atoms with E-state index in [4.69, 9.17) is 20.9 Å². The lowest BCUT2D eigenvalue weighted by Crippen LogP contribution is -2.44. The van der Waals surface area contributed by atoms with E-state index in [9.17, 15) is 0 Å². The maximum atomic E-state index is 5.42. The highest BCUT2D eigenvalue weighted by molar-refractivity contribution is 14.0. The van der Waals surface area contributed by atoms with Crippen molar-refractivity contribution < 1.29 is 9.47 Å². The summed E-state index contributed by atoms with van der Waals surface area (Å²) in [6.07, 6.45) is 6.12. The van der Waals surface area contributed by atoms with Gasteiger partial charge in [-0.2, -0.15) is 0 Å². The first-order valence-corrected chi connectivity index (χ1v) is 9.72. The molecule has 7 heteroatoms. The van der Waals surface area contributed by atoms with Crippen molar-refractivity contribution in [3.63, 3.8) is 0 Å². The van der Waals surface area contributed by atoms with Gasteiger partial charge in [0.25, 0.3) is 0 Å². The third-order valence-electron chi connectivity index (χ3n) is 4.48. The van der Waals surface area contributed by atoms with Crippen molar-refractivity contribution in [3.05, 3.63) is 29.8 Å². The minimum absolute atomic E-state index is 0. The second-order valence-electron chi connectivity index (χ2n) is 6.53. The van der Waals surface area contributed by atoms with Crippen molar-refractivity contribution in [2.45, 2.75) is 26.3 Å². The molecule has 2 rings (SSSR count). The Morgan fingerprint density at radius 3 is 2.64 bits per heavy atom. The zero-order valence-electron chi connectivity index (χ0n) is 16.9. The average Bonchev–Trinajstić information content (AvgIpc) is 2.71. The van der Waals surface area contributed by atoms with Gasteiger partial charge in [-0.05, 0) is 38.0 Å². The zero-order valence-corrected chi connectivity index (χ0v) is 19.3. The van der Waals surface area contributed by atoms with Crippen LogP contribution in [0.3, 0.4) is 0 Å². The van der Waals surface area contributed by atoms with E-state index in [1.165, 1.54) is 5.56 Å². The minimum atomic E-state index is 0. The van der Waals surface area contributed by atoms with Gasteiger partial charge in [-0.15, -0.1) is 30.4 Å². The summed E-state index contributed by atoms with van der Waals surface area (Å²) in [6.45, 7) is 10.7. The van der Waals surface area contributed by atoms with Crippen molar-refractivity contribution in [1.82, 2.24) is 15.5 Å². The number of hydrogen-bond donors (Lipinski definition) is 2. The lowest BCUT2D eigenvalue weighted by molar-refractivity contribution is 0.0220. The highest BCUT2D eigenvalue weighted by atomic mass is 127. The third-order valence-corrected chi connectivity index (χ3v) is 4.48. The molecular formula is C21H33IN4O2. The molecule has 0 spiro atoms. The van der Waals surface area contributed by atoms with Gasteiger partial charge in [0, 0.05) is 32.2 Å². The molecule has 0 bridgehead atoms. The molecule has 1 heterocycles. The molecule has 1 aromatic carbocycles. The molecule has 156 valence electrons. The number of morpholine rings is 1. The molecule has 0 saturated carbocycles. The fourth-order valence-electron chi connectivity index (χ4n) is 2.90. The van der Waals surface area contributed by atoms with Gasteiger partial charge in [0.15, 0.2) is 5.96 Å². The Bertz CT molecular complexity index is 610. The normalized spacial score (nSPS) is 15.8. The van der Waals surface area contributed by atoms with Crippen molar-refractivity contribution in [1.29, 1.82) is 0 Å². The molecule has 0 radical (unpaired) electrons. The van der Waals surface area contributed by atoms with E-state index in [0.717, 1.165) is 64.1 Å². The minimum Gasteiger partial charge on any atom is -0.481 e. The van der Waals surface area contributed by atoms with Crippen LogP contribution in [-0.2, 0) is 11.2 Å². The molecule has 0 aromatic heterocycles. The number of benzene rings is 1. The van der Waals surface area contributed by atoms with Gasteiger partial charge in [0.05, 0.1) is 19.8 Å². The van der Waals surface area contributed by atoms with Crippen molar-refractivity contribution in [2.75, 3.05) is 52.5 Å². The molecule has 1 fully saturated rings. The molecular weight excluding hydrogens is 467 g/mol. The van der Waals surface area contributed by atoms with E-state index in [-0.39, 0.29) is 24.0 Å². The second kappa shape index (κ2) is 14.5. The van der Waals surface area contributed by atoms with Crippen LogP contribution >= 0.6 is 24.0 Å². The maximum absolute atomic E-state index is 5.42. The van der Waals surface area contributed by atoms with Crippen LogP contribution in [0.4, 0.5) is 0 Å². The lowest BCUT2D eigenvalue weighted by atomic mass is 10.1. The van der Waals surface area contributed by atoms with Gasteiger partial charge >= 0.3 is 0 Å². The van der Waals surface area contributed by atoms with E-state index < -0.39 is 0 Å². The maximum Gasteiger partial charge on any atom is 0.191 e. The first-order valence-electron chi connectivity index (χ1n) is 9.72. The summed E-state index contributed by atoms with van der Waals surface area (Å²) >= 11 is 0.